The van der Waals surface area contributed by atoms with E-state index in [1.165, 1.54) is 10.8 Å². The summed E-state index contributed by atoms with van der Waals surface area (Å²) < 4.78 is 12.9. The summed E-state index contributed by atoms with van der Waals surface area (Å²) in [6, 6.07) is 28.4. The van der Waals surface area contributed by atoms with Gasteiger partial charge >= 0.3 is 0 Å². The van der Waals surface area contributed by atoms with E-state index in [4.69, 9.17) is 0 Å². The third kappa shape index (κ3) is 2.30. The molecule has 0 bridgehead atoms. The smallest absolute Gasteiger partial charge is 0.136 e. The summed E-state index contributed by atoms with van der Waals surface area (Å²) in [5.41, 5.74) is 0. The van der Waals surface area contributed by atoms with Gasteiger partial charge in [-0.2, -0.15) is 0 Å². The lowest BCUT2D eigenvalue weighted by Crippen LogP contribution is -2.06. The third-order valence-electron chi connectivity index (χ3n) is 3.94. The van der Waals surface area contributed by atoms with Gasteiger partial charge in [0.25, 0.3) is 0 Å². The Hall–Kier alpha value is -2.50. The molecule has 0 N–H and O–H groups in total. The number of benzene rings is 4. The minimum absolute atomic E-state index is 0.879. The zero-order valence-corrected chi connectivity index (χ0v) is 12.8. The zero-order chi connectivity index (χ0) is 14.9. The fourth-order valence-electron chi connectivity index (χ4n) is 2.76. The molecule has 4 aromatic rings. The van der Waals surface area contributed by atoms with Crippen LogP contribution in [0.15, 0.2) is 84.9 Å². The second-order valence-electron chi connectivity index (χ2n) is 5.36. The van der Waals surface area contributed by atoms with Gasteiger partial charge in [-0.25, -0.2) is 0 Å². The standard InChI is InChI=1S/C20H14OP/c21-22(19-11-9-15-5-1-3-7-17(15)13-19)20-12-10-16-6-2-4-8-18(16)14-20/h1-14H. The van der Waals surface area contributed by atoms with Gasteiger partial charge in [-0.05, 0) is 45.8 Å². The minimum Gasteiger partial charge on any atom is -0.277 e. The molecule has 0 aromatic heterocycles. The van der Waals surface area contributed by atoms with Gasteiger partial charge in [-0.15, -0.1) is 0 Å². The van der Waals surface area contributed by atoms with Crippen molar-refractivity contribution >= 4 is 40.0 Å². The molecule has 0 aliphatic carbocycles. The van der Waals surface area contributed by atoms with Crippen molar-refractivity contribution in [2.24, 2.45) is 0 Å². The van der Waals surface area contributed by atoms with Crippen molar-refractivity contribution in [3.8, 4) is 0 Å². The van der Waals surface area contributed by atoms with Gasteiger partial charge in [0, 0.05) is 10.6 Å². The fraction of sp³-hybridized carbons (Fsp3) is 0. The van der Waals surface area contributed by atoms with Gasteiger partial charge in [0.1, 0.15) is 7.80 Å². The predicted octanol–water partition coefficient (Wildman–Crippen LogP) is 4.77. The Kier molecular flexibility index (Phi) is 3.21. The Bertz CT molecular complexity index is 923. The van der Waals surface area contributed by atoms with Crippen LogP contribution in [0.25, 0.3) is 21.5 Å². The minimum atomic E-state index is -1.57. The molecule has 0 unspecified atom stereocenters. The first-order chi connectivity index (χ1) is 10.8. The highest BCUT2D eigenvalue weighted by Crippen LogP contribution is 2.24. The van der Waals surface area contributed by atoms with E-state index in [0.717, 1.165) is 21.4 Å². The molecular weight excluding hydrogens is 287 g/mol. The summed E-state index contributed by atoms with van der Waals surface area (Å²) in [4.78, 5) is 0. The van der Waals surface area contributed by atoms with Crippen molar-refractivity contribution in [2.75, 3.05) is 0 Å². The lowest BCUT2D eigenvalue weighted by molar-refractivity contribution is 0.598. The molecule has 0 heterocycles. The summed E-state index contributed by atoms with van der Waals surface area (Å²) in [6.07, 6.45) is 0. The van der Waals surface area contributed by atoms with Crippen LogP contribution in [-0.4, -0.2) is 0 Å². The van der Waals surface area contributed by atoms with Crippen LogP contribution >= 0.6 is 7.80 Å². The average Bonchev–Trinajstić information content (AvgIpc) is 2.60. The van der Waals surface area contributed by atoms with Crippen LogP contribution in [0.3, 0.4) is 0 Å². The predicted molar refractivity (Wildman–Crippen MR) is 94.8 cm³/mol. The summed E-state index contributed by atoms with van der Waals surface area (Å²) in [5.74, 6) is 0. The van der Waals surface area contributed by atoms with Gasteiger partial charge in [-0.3, -0.25) is 4.57 Å². The summed E-state index contributed by atoms with van der Waals surface area (Å²) in [5, 5.41) is 6.36. The molecule has 0 amide bonds. The van der Waals surface area contributed by atoms with E-state index in [-0.39, 0.29) is 0 Å². The van der Waals surface area contributed by atoms with Crippen LogP contribution in [-0.2, 0) is 4.57 Å². The second kappa shape index (κ2) is 5.36. The fourth-order valence-corrected chi connectivity index (χ4v) is 3.99. The molecule has 105 valence electrons. The van der Waals surface area contributed by atoms with Crippen LogP contribution in [0.2, 0.25) is 0 Å². The van der Waals surface area contributed by atoms with E-state index >= 15 is 0 Å². The van der Waals surface area contributed by atoms with Gasteiger partial charge in [0.05, 0.1) is 0 Å². The molecule has 22 heavy (non-hydrogen) atoms. The molecule has 4 aromatic carbocycles. The molecular formula is C20H14OP. The Morgan fingerprint density at radius 3 is 1.36 bits per heavy atom. The Balaban J connectivity index is 1.80. The second-order valence-corrected chi connectivity index (χ2v) is 6.98. The molecule has 4 rings (SSSR count). The molecule has 0 atom stereocenters. The molecule has 1 radical (unpaired) electrons. The highest BCUT2D eigenvalue weighted by molar-refractivity contribution is 7.61. The van der Waals surface area contributed by atoms with Crippen LogP contribution < -0.4 is 10.6 Å². The number of hydrogen-bond donors (Lipinski definition) is 0. The van der Waals surface area contributed by atoms with E-state index in [2.05, 4.69) is 24.3 Å². The molecule has 0 fully saturated rings. The average molecular weight is 301 g/mol. The molecule has 1 nitrogen and oxygen atoms in total. The molecule has 2 heteroatoms. The summed E-state index contributed by atoms with van der Waals surface area (Å²) in [6.45, 7) is 0. The SMILES string of the molecule is O=[P](c1ccc2ccccc2c1)c1ccc2ccccc2c1. The zero-order valence-electron chi connectivity index (χ0n) is 11.9. The molecule has 0 saturated heterocycles. The first-order valence-corrected chi connectivity index (χ1v) is 8.52. The lowest BCUT2D eigenvalue weighted by atomic mass is 10.1. The van der Waals surface area contributed by atoms with E-state index < -0.39 is 7.80 Å². The maximum absolute atomic E-state index is 12.9. The maximum Gasteiger partial charge on any atom is 0.136 e. The van der Waals surface area contributed by atoms with E-state index in [0.29, 0.717) is 0 Å². The third-order valence-corrected chi connectivity index (χ3v) is 5.43. The first kappa shape index (κ1) is 13.2. The van der Waals surface area contributed by atoms with Crippen molar-refractivity contribution in [1.29, 1.82) is 0 Å². The van der Waals surface area contributed by atoms with Crippen LogP contribution in [0.4, 0.5) is 0 Å². The number of hydrogen-bond acceptors (Lipinski definition) is 1. The largest absolute Gasteiger partial charge is 0.277 e. The van der Waals surface area contributed by atoms with Crippen molar-refractivity contribution in [1.82, 2.24) is 0 Å². The molecule has 0 saturated carbocycles. The van der Waals surface area contributed by atoms with Crippen molar-refractivity contribution in [2.45, 2.75) is 0 Å². The van der Waals surface area contributed by atoms with Gasteiger partial charge < -0.3 is 0 Å². The van der Waals surface area contributed by atoms with E-state index in [1.807, 2.05) is 60.7 Å². The maximum atomic E-state index is 12.9. The van der Waals surface area contributed by atoms with E-state index in [9.17, 15) is 4.57 Å². The number of rotatable bonds is 2. The normalized spacial score (nSPS) is 10.9. The van der Waals surface area contributed by atoms with Crippen molar-refractivity contribution in [3.05, 3.63) is 84.9 Å². The van der Waals surface area contributed by atoms with Crippen LogP contribution in [0, 0.1) is 0 Å². The summed E-state index contributed by atoms with van der Waals surface area (Å²) in [7, 11) is -1.57. The first-order valence-electron chi connectivity index (χ1n) is 7.26. The Morgan fingerprint density at radius 1 is 0.500 bits per heavy atom. The van der Waals surface area contributed by atoms with Crippen molar-refractivity contribution in [3.63, 3.8) is 0 Å². The highest BCUT2D eigenvalue weighted by atomic mass is 31.1. The summed E-state index contributed by atoms with van der Waals surface area (Å²) >= 11 is 0. The molecule has 0 spiro atoms. The quantitative estimate of drug-likeness (QED) is 0.487. The topological polar surface area (TPSA) is 17.1 Å². The van der Waals surface area contributed by atoms with Gasteiger partial charge in [-0.1, -0.05) is 60.7 Å². The molecule has 0 aliphatic rings. The molecule has 0 aliphatic heterocycles. The van der Waals surface area contributed by atoms with Crippen molar-refractivity contribution < 1.29 is 4.57 Å². The highest BCUT2D eigenvalue weighted by Gasteiger charge is 2.09. The number of fused-ring (bicyclic) bond motifs is 2. The van der Waals surface area contributed by atoms with Gasteiger partial charge in [0.15, 0.2) is 0 Å². The lowest BCUT2D eigenvalue weighted by Gasteiger charge is -2.05. The monoisotopic (exact) mass is 301 g/mol. The van der Waals surface area contributed by atoms with E-state index in [1.54, 1.807) is 0 Å². The van der Waals surface area contributed by atoms with Crippen LogP contribution in [0.1, 0.15) is 0 Å². The Morgan fingerprint density at radius 2 is 0.909 bits per heavy atom. The van der Waals surface area contributed by atoms with Gasteiger partial charge in [0.2, 0.25) is 0 Å². The van der Waals surface area contributed by atoms with Crippen LogP contribution in [0.5, 0.6) is 0 Å². The Labute approximate surface area is 130 Å².